The van der Waals surface area contributed by atoms with Gasteiger partial charge in [0.25, 0.3) is 0 Å². The molecule has 1 saturated heterocycles. The fourth-order valence-electron chi connectivity index (χ4n) is 2.82. The van der Waals surface area contributed by atoms with E-state index in [2.05, 4.69) is 55.6 Å². The molecule has 1 aromatic heterocycles. The number of hydrazone groups is 1. The molecule has 2 heterocycles. The molecule has 1 aliphatic heterocycles. The lowest BCUT2D eigenvalue weighted by atomic mass is 9.96. The average molecular weight is 406 g/mol. The molecule has 0 saturated carbocycles. The molecule has 24 heavy (non-hydrogen) atoms. The molecule has 126 valence electrons. The molecule has 1 fully saturated rings. The van der Waals surface area contributed by atoms with Gasteiger partial charge in [0, 0.05) is 21.8 Å². The normalized spacial score (nSPS) is 16.5. The van der Waals surface area contributed by atoms with Crippen molar-refractivity contribution in [1.29, 1.82) is 0 Å². The Balaban J connectivity index is 1.42. The Morgan fingerprint density at radius 2 is 2.04 bits per heavy atom. The lowest BCUT2D eigenvalue weighted by Crippen LogP contribution is -2.39. The lowest BCUT2D eigenvalue weighted by molar-refractivity contribution is -0.126. The predicted octanol–water partition coefficient (Wildman–Crippen LogP) is 3.87. The van der Waals surface area contributed by atoms with Crippen molar-refractivity contribution in [3.8, 4) is 0 Å². The summed E-state index contributed by atoms with van der Waals surface area (Å²) in [5, 5.41) is 6.04. The van der Waals surface area contributed by atoms with Crippen LogP contribution in [0.2, 0.25) is 0 Å². The number of nitrogens with one attached hydrogen (secondary N) is 1. The van der Waals surface area contributed by atoms with Crippen molar-refractivity contribution in [3.05, 3.63) is 56.7 Å². The van der Waals surface area contributed by atoms with Gasteiger partial charge in [0.1, 0.15) is 0 Å². The predicted molar refractivity (Wildman–Crippen MR) is 102 cm³/mol. The van der Waals surface area contributed by atoms with Gasteiger partial charge in [-0.25, -0.2) is 5.43 Å². The first-order chi connectivity index (χ1) is 11.7. The molecule has 0 bridgehead atoms. The van der Waals surface area contributed by atoms with Gasteiger partial charge in [-0.1, -0.05) is 34.1 Å². The summed E-state index contributed by atoms with van der Waals surface area (Å²) in [6, 6.07) is 12.4. The zero-order valence-corrected chi connectivity index (χ0v) is 15.7. The number of nitrogens with zero attached hydrogens (tertiary/aromatic N) is 2. The van der Waals surface area contributed by atoms with Gasteiger partial charge in [-0.15, -0.1) is 11.3 Å². The second-order valence-corrected chi connectivity index (χ2v) is 7.82. The molecule has 0 spiro atoms. The van der Waals surface area contributed by atoms with Crippen LogP contribution in [0.25, 0.3) is 0 Å². The van der Waals surface area contributed by atoms with Crippen LogP contribution >= 0.6 is 27.3 Å². The molecule has 0 atom stereocenters. The zero-order chi connectivity index (χ0) is 16.8. The van der Waals surface area contributed by atoms with E-state index in [9.17, 15) is 4.79 Å². The van der Waals surface area contributed by atoms with Crippen molar-refractivity contribution in [1.82, 2.24) is 10.3 Å². The van der Waals surface area contributed by atoms with Gasteiger partial charge in [0.05, 0.1) is 6.21 Å². The summed E-state index contributed by atoms with van der Waals surface area (Å²) in [5.41, 5.74) is 3.98. The number of benzene rings is 1. The third-order valence-electron chi connectivity index (χ3n) is 4.19. The molecule has 0 unspecified atom stereocenters. The first kappa shape index (κ1) is 17.3. The largest absolute Gasteiger partial charge is 0.299 e. The smallest absolute Gasteiger partial charge is 0.243 e. The summed E-state index contributed by atoms with van der Waals surface area (Å²) in [6.07, 6.45) is 3.47. The van der Waals surface area contributed by atoms with Gasteiger partial charge in [0.2, 0.25) is 5.91 Å². The molecule has 3 rings (SSSR count). The number of piperidine rings is 1. The van der Waals surface area contributed by atoms with Crippen molar-refractivity contribution in [2.24, 2.45) is 11.0 Å². The number of halogens is 1. The second-order valence-electron chi connectivity index (χ2n) is 5.93. The molecule has 1 amide bonds. The zero-order valence-electron chi connectivity index (χ0n) is 13.3. The number of thiophene rings is 1. The maximum Gasteiger partial charge on any atom is 0.243 e. The third kappa shape index (κ3) is 5.00. The molecule has 0 radical (unpaired) electrons. The summed E-state index contributed by atoms with van der Waals surface area (Å²) in [6.45, 7) is 2.84. The van der Waals surface area contributed by atoms with Crippen LogP contribution in [0.4, 0.5) is 0 Å². The van der Waals surface area contributed by atoms with Gasteiger partial charge in [0.15, 0.2) is 0 Å². The lowest BCUT2D eigenvalue weighted by Gasteiger charge is -2.30. The Kier molecular flexibility index (Phi) is 6.18. The van der Waals surface area contributed by atoms with Crippen molar-refractivity contribution in [3.63, 3.8) is 0 Å². The molecule has 2 aromatic rings. The molecule has 1 aliphatic rings. The Hall–Kier alpha value is -1.50. The average Bonchev–Trinajstić information content (AvgIpc) is 3.11. The molecule has 4 nitrogen and oxygen atoms in total. The van der Waals surface area contributed by atoms with E-state index in [1.807, 2.05) is 17.5 Å². The second kappa shape index (κ2) is 8.55. The van der Waals surface area contributed by atoms with E-state index in [1.165, 1.54) is 5.56 Å². The van der Waals surface area contributed by atoms with Crippen LogP contribution < -0.4 is 5.43 Å². The van der Waals surface area contributed by atoms with Crippen LogP contribution in [-0.4, -0.2) is 30.1 Å². The maximum absolute atomic E-state index is 12.2. The summed E-state index contributed by atoms with van der Waals surface area (Å²) in [4.78, 5) is 15.6. The molecule has 1 N–H and O–H groups in total. The minimum atomic E-state index is 0.0334. The summed E-state index contributed by atoms with van der Waals surface area (Å²) in [7, 11) is 0. The number of rotatable bonds is 5. The Bertz CT molecular complexity index is 677. The van der Waals surface area contributed by atoms with Crippen LogP contribution in [0.3, 0.4) is 0 Å². The van der Waals surface area contributed by atoms with E-state index >= 15 is 0 Å². The van der Waals surface area contributed by atoms with Crippen molar-refractivity contribution in [2.75, 3.05) is 13.1 Å². The number of likely N-dealkylation sites (tertiary alicyclic amines) is 1. The van der Waals surface area contributed by atoms with Crippen molar-refractivity contribution >= 4 is 39.4 Å². The molecular formula is C18H20BrN3OS. The third-order valence-corrected chi connectivity index (χ3v) is 5.52. The maximum atomic E-state index is 12.2. The van der Waals surface area contributed by atoms with Gasteiger partial charge >= 0.3 is 0 Å². The van der Waals surface area contributed by atoms with Crippen LogP contribution in [0.15, 0.2) is 51.4 Å². The van der Waals surface area contributed by atoms with Gasteiger partial charge < -0.3 is 0 Å². The van der Waals surface area contributed by atoms with Crippen LogP contribution in [0.5, 0.6) is 0 Å². The van der Waals surface area contributed by atoms with Gasteiger partial charge in [-0.05, 0) is 55.1 Å². The van der Waals surface area contributed by atoms with E-state index in [4.69, 9.17) is 0 Å². The molecular weight excluding hydrogens is 386 g/mol. The highest BCUT2D eigenvalue weighted by molar-refractivity contribution is 9.10. The highest BCUT2D eigenvalue weighted by atomic mass is 79.9. The highest BCUT2D eigenvalue weighted by Gasteiger charge is 2.24. The number of carbonyl (C=O) groups excluding carboxylic acids is 1. The molecule has 1 aromatic carbocycles. The number of carbonyl (C=O) groups is 1. The van der Waals surface area contributed by atoms with Gasteiger partial charge in [-0.3, -0.25) is 9.69 Å². The van der Waals surface area contributed by atoms with Crippen LogP contribution in [0, 0.1) is 5.92 Å². The van der Waals surface area contributed by atoms with E-state index in [0.29, 0.717) is 0 Å². The first-order valence-electron chi connectivity index (χ1n) is 8.04. The monoisotopic (exact) mass is 405 g/mol. The summed E-state index contributed by atoms with van der Waals surface area (Å²) >= 11 is 5.06. The minimum Gasteiger partial charge on any atom is -0.299 e. The van der Waals surface area contributed by atoms with Crippen LogP contribution in [-0.2, 0) is 11.3 Å². The van der Waals surface area contributed by atoms with E-state index in [-0.39, 0.29) is 11.8 Å². The standard InChI is InChI=1S/C18H20BrN3OS/c19-16-5-3-14(4-6-16)13-22-9-7-15(8-10-22)18(23)21-20-12-17-2-1-11-24-17/h1-6,11-12,15H,7-10,13H2,(H,21,23)/b20-12+. The number of hydrogen-bond donors (Lipinski definition) is 1. The van der Waals surface area contributed by atoms with Crippen molar-refractivity contribution in [2.45, 2.75) is 19.4 Å². The first-order valence-corrected chi connectivity index (χ1v) is 9.71. The fraction of sp³-hybridized carbons (Fsp3) is 0.333. The number of amides is 1. The Morgan fingerprint density at radius 1 is 1.29 bits per heavy atom. The highest BCUT2D eigenvalue weighted by Crippen LogP contribution is 2.20. The van der Waals surface area contributed by atoms with E-state index in [1.54, 1.807) is 17.6 Å². The quantitative estimate of drug-likeness (QED) is 0.605. The van der Waals surface area contributed by atoms with E-state index < -0.39 is 0 Å². The molecule has 0 aliphatic carbocycles. The topological polar surface area (TPSA) is 44.7 Å². The SMILES string of the molecule is O=C(N/N=C/c1cccs1)C1CCN(Cc2ccc(Br)cc2)CC1. The number of hydrogen-bond acceptors (Lipinski definition) is 4. The van der Waals surface area contributed by atoms with Crippen molar-refractivity contribution < 1.29 is 4.79 Å². The van der Waals surface area contributed by atoms with Gasteiger partial charge in [-0.2, -0.15) is 5.10 Å². The minimum absolute atomic E-state index is 0.0334. The summed E-state index contributed by atoms with van der Waals surface area (Å²) < 4.78 is 1.10. The molecule has 6 heteroatoms. The Labute approximate surface area is 154 Å². The fourth-order valence-corrected chi connectivity index (χ4v) is 3.67. The summed E-state index contributed by atoms with van der Waals surface area (Å²) in [5.74, 6) is 0.0951. The van der Waals surface area contributed by atoms with Crippen LogP contribution in [0.1, 0.15) is 23.3 Å². The van der Waals surface area contributed by atoms with E-state index in [0.717, 1.165) is 41.8 Å². The Morgan fingerprint density at radius 3 is 2.71 bits per heavy atom.